The van der Waals surface area contributed by atoms with E-state index in [1.165, 1.54) is 6.08 Å². The molecular formula is C22H25N5O3. The van der Waals surface area contributed by atoms with E-state index in [2.05, 4.69) is 22.0 Å². The van der Waals surface area contributed by atoms with Crippen LogP contribution in [0.25, 0.3) is 6.08 Å². The third kappa shape index (κ3) is 4.30. The molecule has 0 saturated carbocycles. The maximum absolute atomic E-state index is 12.0. The van der Waals surface area contributed by atoms with Gasteiger partial charge in [0.25, 0.3) is 0 Å². The molecule has 8 nitrogen and oxygen atoms in total. The van der Waals surface area contributed by atoms with Gasteiger partial charge in [-0.2, -0.15) is 5.26 Å². The van der Waals surface area contributed by atoms with E-state index in [4.69, 9.17) is 10.1 Å². The van der Waals surface area contributed by atoms with E-state index in [1.807, 2.05) is 29.2 Å². The summed E-state index contributed by atoms with van der Waals surface area (Å²) in [5, 5.41) is 28.5. The van der Waals surface area contributed by atoms with Gasteiger partial charge in [-0.05, 0) is 32.1 Å². The summed E-state index contributed by atoms with van der Waals surface area (Å²) in [5.41, 5.74) is 1.94. The van der Waals surface area contributed by atoms with Crippen molar-refractivity contribution < 1.29 is 14.6 Å². The minimum Gasteiger partial charge on any atom is -0.505 e. The number of nitrogens with zero attached hydrogens (tertiary/aromatic N) is 3. The molecule has 0 unspecified atom stereocenters. The number of hydrogen-bond donors (Lipinski definition) is 3. The molecule has 3 N–H and O–H groups in total. The number of carbonyl (C=O) groups is 1. The lowest BCUT2D eigenvalue weighted by molar-refractivity contribution is 0.0522. The molecule has 2 aromatic rings. The zero-order valence-electron chi connectivity index (χ0n) is 17.1. The molecule has 30 heavy (non-hydrogen) atoms. The third-order valence-electron chi connectivity index (χ3n) is 5.05. The van der Waals surface area contributed by atoms with Crippen LogP contribution in [-0.2, 0) is 4.74 Å². The predicted molar refractivity (Wildman–Crippen MR) is 115 cm³/mol. The van der Waals surface area contributed by atoms with Crippen LogP contribution in [0.1, 0.15) is 28.7 Å². The number of esters is 1. The number of anilines is 1. The number of para-hydroxylation sites is 1. The summed E-state index contributed by atoms with van der Waals surface area (Å²) in [7, 11) is 0. The lowest BCUT2D eigenvalue weighted by Gasteiger charge is -2.37. The number of nitriles is 1. The van der Waals surface area contributed by atoms with Crippen molar-refractivity contribution in [2.24, 2.45) is 0 Å². The van der Waals surface area contributed by atoms with Crippen LogP contribution < -0.4 is 4.90 Å². The second-order valence-corrected chi connectivity index (χ2v) is 6.94. The first kappa shape index (κ1) is 21.0. The number of aromatic nitrogens is 1. The molecule has 1 fully saturated rings. The van der Waals surface area contributed by atoms with E-state index < -0.39 is 5.97 Å². The van der Waals surface area contributed by atoms with Crippen LogP contribution in [0.4, 0.5) is 5.69 Å². The minimum absolute atomic E-state index is 0.0448. The molecule has 156 valence electrons. The SMILES string of the molecule is CCOC(=O)c1c(C)[nH]c(C=C(C#N)C(=N)N2CCN(c3ccccc3)CC2)c1O. The van der Waals surface area contributed by atoms with Crippen molar-refractivity contribution in [3.05, 3.63) is 52.9 Å². The van der Waals surface area contributed by atoms with Crippen molar-refractivity contribution in [3.8, 4) is 11.8 Å². The van der Waals surface area contributed by atoms with E-state index in [0.29, 0.717) is 18.8 Å². The number of rotatable bonds is 5. The maximum Gasteiger partial charge on any atom is 0.343 e. The van der Waals surface area contributed by atoms with Gasteiger partial charge in [0.05, 0.1) is 17.9 Å². The lowest BCUT2D eigenvalue weighted by atomic mass is 10.1. The Hall–Kier alpha value is -3.73. The Bertz CT molecular complexity index is 996. The first-order chi connectivity index (χ1) is 14.5. The molecule has 0 amide bonds. The molecule has 1 aliphatic heterocycles. The zero-order valence-corrected chi connectivity index (χ0v) is 17.1. The maximum atomic E-state index is 12.0. The van der Waals surface area contributed by atoms with Gasteiger partial charge in [0.15, 0.2) is 5.75 Å². The van der Waals surface area contributed by atoms with E-state index in [0.717, 1.165) is 18.8 Å². The quantitative estimate of drug-likeness (QED) is 0.304. The number of benzene rings is 1. The highest BCUT2D eigenvalue weighted by molar-refractivity contribution is 6.04. The van der Waals surface area contributed by atoms with E-state index in [1.54, 1.807) is 13.8 Å². The summed E-state index contributed by atoms with van der Waals surface area (Å²) in [6, 6.07) is 12.1. The minimum atomic E-state index is -0.631. The van der Waals surface area contributed by atoms with Crippen LogP contribution in [0.15, 0.2) is 35.9 Å². The fourth-order valence-corrected chi connectivity index (χ4v) is 3.49. The number of hydrogen-bond acceptors (Lipinski definition) is 6. The Labute approximate surface area is 175 Å². The van der Waals surface area contributed by atoms with Crippen LogP contribution in [0.5, 0.6) is 5.75 Å². The Kier molecular flexibility index (Phi) is 6.42. The number of aromatic hydroxyl groups is 1. The van der Waals surface area contributed by atoms with Crippen molar-refractivity contribution in [3.63, 3.8) is 0 Å². The Morgan fingerprint density at radius 2 is 1.97 bits per heavy atom. The highest BCUT2D eigenvalue weighted by atomic mass is 16.5. The van der Waals surface area contributed by atoms with Gasteiger partial charge in [0, 0.05) is 37.6 Å². The molecule has 0 spiro atoms. The highest BCUT2D eigenvalue weighted by Crippen LogP contribution is 2.29. The van der Waals surface area contributed by atoms with Gasteiger partial charge < -0.3 is 24.6 Å². The van der Waals surface area contributed by atoms with Gasteiger partial charge in [-0.3, -0.25) is 5.41 Å². The average molecular weight is 407 g/mol. The van der Waals surface area contributed by atoms with Crippen LogP contribution in [0.3, 0.4) is 0 Å². The molecule has 0 bridgehead atoms. The standard InChI is InChI=1S/C22H25N5O3/c1-3-30-22(29)19-15(2)25-18(20(19)28)13-16(14-23)21(24)27-11-9-26(10-12-27)17-7-5-4-6-8-17/h4-8,13,24-25,28H,3,9-12H2,1-2H3. The van der Waals surface area contributed by atoms with Gasteiger partial charge in [-0.15, -0.1) is 0 Å². The molecule has 1 saturated heterocycles. The van der Waals surface area contributed by atoms with Crippen LogP contribution >= 0.6 is 0 Å². The third-order valence-corrected chi connectivity index (χ3v) is 5.05. The predicted octanol–water partition coefficient (Wildman–Crippen LogP) is 2.91. The number of piperazine rings is 1. The van der Waals surface area contributed by atoms with Gasteiger partial charge in [-0.25, -0.2) is 4.79 Å². The molecule has 0 atom stereocenters. The van der Waals surface area contributed by atoms with E-state index >= 15 is 0 Å². The molecule has 0 radical (unpaired) electrons. The van der Waals surface area contributed by atoms with Crippen molar-refractivity contribution in [1.29, 1.82) is 10.7 Å². The van der Waals surface area contributed by atoms with Gasteiger partial charge in [0.1, 0.15) is 17.5 Å². The van der Waals surface area contributed by atoms with Crippen LogP contribution in [0.2, 0.25) is 0 Å². The number of aryl methyl sites for hydroxylation is 1. The number of amidine groups is 1. The second kappa shape index (κ2) is 9.18. The Morgan fingerprint density at radius 1 is 1.30 bits per heavy atom. The summed E-state index contributed by atoms with van der Waals surface area (Å²) in [4.78, 5) is 19.0. The molecule has 1 aromatic carbocycles. The van der Waals surface area contributed by atoms with Gasteiger partial charge >= 0.3 is 5.97 Å². The van der Waals surface area contributed by atoms with E-state index in [9.17, 15) is 15.2 Å². The number of aromatic amines is 1. The fraction of sp³-hybridized carbons (Fsp3) is 0.318. The monoisotopic (exact) mass is 407 g/mol. The van der Waals surface area contributed by atoms with Crippen LogP contribution in [0, 0.1) is 23.7 Å². The fourth-order valence-electron chi connectivity index (χ4n) is 3.49. The summed E-state index contributed by atoms with van der Waals surface area (Å²) >= 11 is 0. The molecule has 2 heterocycles. The van der Waals surface area contributed by atoms with Gasteiger partial charge in [-0.1, -0.05) is 18.2 Å². The second-order valence-electron chi connectivity index (χ2n) is 6.94. The molecule has 1 aromatic heterocycles. The summed E-state index contributed by atoms with van der Waals surface area (Å²) in [6.45, 7) is 6.22. The molecule has 8 heteroatoms. The summed E-state index contributed by atoms with van der Waals surface area (Å²) < 4.78 is 4.96. The van der Waals surface area contributed by atoms with Crippen molar-refractivity contribution in [2.45, 2.75) is 13.8 Å². The lowest BCUT2D eigenvalue weighted by Crippen LogP contribution is -2.48. The first-order valence-electron chi connectivity index (χ1n) is 9.80. The number of ether oxygens (including phenoxy) is 1. The average Bonchev–Trinajstić information content (AvgIpc) is 3.05. The Morgan fingerprint density at radius 3 is 2.57 bits per heavy atom. The van der Waals surface area contributed by atoms with Crippen molar-refractivity contribution in [1.82, 2.24) is 9.88 Å². The molecule has 0 aliphatic carbocycles. The molecular weight excluding hydrogens is 382 g/mol. The van der Waals surface area contributed by atoms with Crippen molar-refractivity contribution in [2.75, 3.05) is 37.7 Å². The summed E-state index contributed by atoms with van der Waals surface area (Å²) in [6.07, 6.45) is 1.40. The zero-order chi connectivity index (χ0) is 21.7. The van der Waals surface area contributed by atoms with Crippen LogP contribution in [-0.4, -0.2) is 59.6 Å². The van der Waals surface area contributed by atoms with Gasteiger partial charge in [0.2, 0.25) is 0 Å². The Balaban J connectivity index is 1.74. The summed E-state index contributed by atoms with van der Waals surface area (Å²) in [5.74, 6) is -0.816. The van der Waals surface area contributed by atoms with E-state index in [-0.39, 0.29) is 35.0 Å². The molecule has 1 aliphatic rings. The number of carbonyl (C=O) groups excluding carboxylic acids is 1. The number of H-pyrrole nitrogens is 1. The largest absolute Gasteiger partial charge is 0.505 e. The van der Waals surface area contributed by atoms with Crippen molar-refractivity contribution >= 4 is 23.6 Å². The highest BCUT2D eigenvalue weighted by Gasteiger charge is 2.24. The first-order valence-corrected chi connectivity index (χ1v) is 9.80. The normalized spacial score (nSPS) is 14.4. The molecule has 3 rings (SSSR count). The topological polar surface area (TPSA) is 116 Å². The smallest absolute Gasteiger partial charge is 0.343 e. The number of nitrogens with one attached hydrogen (secondary N) is 2.